The molecule has 2 atom stereocenters. The number of carbonyl (C=O) groups excluding carboxylic acids is 1. The van der Waals surface area contributed by atoms with E-state index in [-0.39, 0.29) is 36.8 Å². The van der Waals surface area contributed by atoms with Crippen LogP contribution in [0.25, 0.3) is 0 Å². The third-order valence-electron chi connectivity index (χ3n) is 3.86. The second kappa shape index (κ2) is 6.60. The molecule has 1 aliphatic carbocycles. The number of aliphatic carboxylic acids is 1. The molecule has 5 heteroatoms. The second-order valence-corrected chi connectivity index (χ2v) is 6.69. The standard InChI is InChI=1S/C16H20BrNO3/c1-10(2)18(7-6-15(19)20)16(21)14-9-13(14)11-4-3-5-12(17)8-11/h3-5,8,10,13-14H,6-7,9H2,1-2H3,(H,19,20). The van der Waals surface area contributed by atoms with Crippen LogP contribution in [-0.2, 0) is 9.59 Å². The van der Waals surface area contributed by atoms with Crippen LogP contribution < -0.4 is 0 Å². The molecule has 1 N–H and O–H groups in total. The number of amides is 1. The van der Waals surface area contributed by atoms with Crippen LogP contribution in [0.4, 0.5) is 0 Å². The third kappa shape index (κ3) is 4.06. The highest BCUT2D eigenvalue weighted by Gasteiger charge is 2.46. The molecule has 0 saturated heterocycles. The Morgan fingerprint density at radius 2 is 2.14 bits per heavy atom. The lowest BCUT2D eigenvalue weighted by Crippen LogP contribution is -2.39. The van der Waals surface area contributed by atoms with Crippen molar-refractivity contribution in [3.05, 3.63) is 34.3 Å². The van der Waals surface area contributed by atoms with E-state index in [9.17, 15) is 9.59 Å². The predicted octanol–water partition coefficient (Wildman–Crippen LogP) is 3.26. The molecule has 0 aliphatic heterocycles. The fourth-order valence-electron chi connectivity index (χ4n) is 2.63. The molecule has 2 rings (SSSR count). The molecule has 1 aromatic carbocycles. The maximum atomic E-state index is 12.5. The van der Waals surface area contributed by atoms with Crippen molar-refractivity contribution in [1.29, 1.82) is 0 Å². The molecule has 0 spiro atoms. The van der Waals surface area contributed by atoms with Crippen LogP contribution in [0.15, 0.2) is 28.7 Å². The molecule has 114 valence electrons. The highest BCUT2D eigenvalue weighted by atomic mass is 79.9. The van der Waals surface area contributed by atoms with Crippen LogP contribution in [0.3, 0.4) is 0 Å². The summed E-state index contributed by atoms with van der Waals surface area (Å²) in [5.74, 6) is -0.527. The minimum atomic E-state index is -0.868. The smallest absolute Gasteiger partial charge is 0.305 e. The number of hydrogen-bond acceptors (Lipinski definition) is 2. The first-order valence-electron chi connectivity index (χ1n) is 7.18. The topological polar surface area (TPSA) is 57.6 Å². The molecule has 0 aromatic heterocycles. The summed E-state index contributed by atoms with van der Waals surface area (Å²) >= 11 is 3.45. The van der Waals surface area contributed by atoms with E-state index < -0.39 is 5.97 Å². The Morgan fingerprint density at radius 3 is 2.71 bits per heavy atom. The van der Waals surface area contributed by atoms with Crippen molar-refractivity contribution in [3.8, 4) is 0 Å². The lowest BCUT2D eigenvalue weighted by molar-refractivity contribution is -0.139. The van der Waals surface area contributed by atoms with Gasteiger partial charge < -0.3 is 10.0 Å². The van der Waals surface area contributed by atoms with Gasteiger partial charge in [-0.05, 0) is 43.9 Å². The third-order valence-corrected chi connectivity index (χ3v) is 4.35. The van der Waals surface area contributed by atoms with Crippen LogP contribution in [0.5, 0.6) is 0 Å². The summed E-state index contributed by atoms with van der Waals surface area (Å²) in [6, 6.07) is 8.06. The lowest BCUT2D eigenvalue weighted by Gasteiger charge is -2.26. The van der Waals surface area contributed by atoms with E-state index in [0.29, 0.717) is 0 Å². The minimum absolute atomic E-state index is 0.00179. The van der Waals surface area contributed by atoms with E-state index in [4.69, 9.17) is 5.11 Å². The molecule has 21 heavy (non-hydrogen) atoms. The average molecular weight is 354 g/mol. The molecular formula is C16H20BrNO3. The van der Waals surface area contributed by atoms with Crippen molar-refractivity contribution < 1.29 is 14.7 Å². The predicted molar refractivity (Wildman–Crippen MR) is 84.1 cm³/mol. The fourth-order valence-corrected chi connectivity index (χ4v) is 3.04. The van der Waals surface area contributed by atoms with Gasteiger partial charge in [-0.25, -0.2) is 0 Å². The number of rotatable bonds is 6. The molecule has 1 aromatic rings. The van der Waals surface area contributed by atoms with Crippen molar-refractivity contribution in [2.75, 3.05) is 6.54 Å². The number of carboxylic acids is 1. The summed E-state index contributed by atoms with van der Waals surface area (Å²) in [5.41, 5.74) is 1.17. The van der Waals surface area contributed by atoms with E-state index >= 15 is 0 Å². The fraction of sp³-hybridized carbons (Fsp3) is 0.500. The number of benzene rings is 1. The maximum absolute atomic E-state index is 12.5. The van der Waals surface area contributed by atoms with Gasteiger partial charge in [0, 0.05) is 23.0 Å². The molecule has 1 amide bonds. The quantitative estimate of drug-likeness (QED) is 0.853. The molecule has 2 unspecified atom stereocenters. The molecule has 1 aliphatic rings. The number of hydrogen-bond donors (Lipinski definition) is 1. The Kier molecular flexibility index (Phi) is 5.04. The zero-order chi connectivity index (χ0) is 15.6. The van der Waals surface area contributed by atoms with Crippen molar-refractivity contribution in [2.45, 2.75) is 38.6 Å². The minimum Gasteiger partial charge on any atom is -0.481 e. The van der Waals surface area contributed by atoms with E-state index in [0.717, 1.165) is 10.9 Å². The van der Waals surface area contributed by atoms with E-state index in [2.05, 4.69) is 22.0 Å². The molecule has 0 bridgehead atoms. The van der Waals surface area contributed by atoms with Crippen molar-refractivity contribution >= 4 is 27.8 Å². The van der Waals surface area contributed by atoms with Gasteiger partial charge in [0.2, 0.25) is 5.91 Å². The Balaban J connectivity index is 2.01. The van der Waals surface area contributed by atoms with E-state index in [1.54, 1.807) is 4.90 Å². The van der Waals surface area contributed by atoms with Gasteiger partial charge in [-0.1, -0.05) is 28.1 Å². The van der Waals surface area contributed by atoms with Crippen molar-refractivity contribution in [1.82, 2.24) is 4.90 Å². The summed E-state index contributed by atoms with van der Waals surface area (Å²) in [4.78, 5) is 25.0. The van der Waals surface area contributed by atoms with Crippen LogP contribution >= 0.6 is 15.9 Å². The Hall–Kier alpha value is -1.36. The number of halogens is 1. The molecule has 0 radical (unpaired) electrons. The van der Waals surface area contributed by atoms with Gasteiger partial charge in [-0.15, -0.1) is 0 Å². The zero-order valence-corrected chi connectivity index (χ0v) is 13.8. The number of carboxylic acid groups (broad SMARTS) is 1. The van der Waals surface area contributed by atoms with Gasteiger partial charge in [-0.3, -0.25) is 9.59 Å². The Bertz CT molecular complexity index is 544. The zero-order valence-electron chi connectivity index (χ0n) is 12.3. The van der Waals surface area contributed by atoms with Gasteiger partial charge in [0.05, 0.1) is 6.42 Å². The maximum Gasteiger partial charge on any atom is 0.305 e. The normalized spacial score (nSPS) is 20.4. The van der Waals surface area contributed by atoms with Gasteiger partial charge >= 0.3 is 5.97 Å². The van der Waals surface area contributed by atoms with Gasteiger partial charge in [-0.2, -0.15) is 0 Å². The molecule has 1 saturated carbocycles. The van der Waals surface area contributed by atoms with Gasteiger partial charge in [0.1, 0.15) is 0 Å². The highest BCUT2D eigenvalue weighted by Crippen LogP contribution is 2.49. The van der Waals surface area contributed by atoms with Gasteiger partial charge in [0.25, 0.3) is 0 Å². The number of carbonyl (C=O) groups is 2. The van der Waals surface area contributed by atoms with Crippen molar-refractivity contribution in [3.63, 3.8) is 0 Å². The first-order chi connectivity index (χ1) is 9.90. The van der Waals surface area contributed by atoms with E-state index in [1.807, 2.05) is 32.0 Å². The van der Waals surface area contributed by atoms with E-state index in [1.165, 1.54) is 5.56 Å². The van der Waals surface area contributed by atoms with Gasteiger partial charge in [0.15, 0.2) is 0 Å². The SMILES string of the molecule is CC(C)N(CCC(=O)O)C(=O)C1CC1c1cccc(Br)c1. The highest BCUT2D eigenvalue weighted by molar-refractivity contribution is 9.10. The van der Waals surface area contributed by atoms with Crippen LogP contribution in [0.1, 0.15) is 38.2 Å². The summed E-state index contributed by atoms with van der Waals surface area (Å²) in [7, 11) is 0. The van der Waals surface area contributed by atoms with Crippen LogP contribution in [0.2, 0.25) is 0 Å². The largest absolute Gasteiger partial charge is 0.481 e. The summed E-state index contributed by atoms with van der Waals surface area (Å²) in [6.45, 7) is 4.14. The summed E-state index contributed by atoms with van der Waals surface area (Å²) in [5, 5.41) is 8.80. The summed E-state index contributed by atoms with van der Waals surface area (Å²) in [6.07, 6.45) is 0.851. The monoisotopic (exact) mass is 353 g/mol. The van der Waals surface area contributed by atoms with Crippen molar-refractivity contribution in [2.24, 2.45) is 5.92 Å². The molecular weight excluding hydrogens is 334 g/mol. The van der Waals surface area contributed by atoms with Crippen LogP contribution in [-0.4, -0.2) is 34.5 Å². The summed E-state index contributed by atoms with van der Waals surface area (Å²) < 4.78 is 1.02. The Labute approximate surface area is 133 Å². The molecule has 4 nitrogen and oxygen atoms in total. The number of nitrogens with zero attached hydrogens (tertiary/aromatic N) is 1. The molecule has 1 fully saturated rings. The molecule has 0 heterocycles. The first-order valence-corrected chi connectivity index (χ1v) is 7.97. The second-order valence-electron chi connectivity index (χ2n) is 5.77. The van der Waals surface area contributed by atoms with Crippen LogP contribution in [0, 0.1) is 5.92 Å². The Morgan fingerprint density at radius 1 is 1.43 bits per heavy atom. The lowest BCUT2D eigenvalue weighted by atomic mass is 10.1. The average Bonchev–Trinajstić information content (AvgIpc) is 3.18. The first kappa shape index (κ1) is 16.0.